The van der Waals surface area contributed by atoms with E-state index >= 15 is 0 Å². The number of anilines is 1. The van der Waals surface area contributed by atoms with Crippen LogP contribution in [0.25, 0.3) is 0 Å². The van der Waals surface area contributed by atoms with Gasteiger partial charge in [0, 0.05) is 0 Å². The van der Waals surface area contributed by atoms with Crippen molar-refractivity contribution in [1.29, 1.82) is 0 Å². The second kappa shape index (κ2) is 4.97. The summed E-state index contributed by atoms with van der Waals surface area (Å²) in [6.07, 6.45) is 5.89. The lowest BCUT2D eigenvalue weighted by molar-refractivity contribution is 0.842. The van der Waals surface area contributed by atoms with E-state index in [9.17, 15) is 0 Å². The molecule has 0 unspecified atom stereocenters. The van der Waals surface area contributed by atoms with Crippen molar-refractivity contribution < 1.29 is 0 Å². The molecule has 0 saturated heterocycles. The monoisotopic (exact) mass is 233 g/mol. The fourth-order valence-corrected chi connectivity index (χ4v) is 2.35. The number of thioether (sulfide) groups is 3. The highest BCUT2D eigenvalue weighted by atomic mass is 32.2. The van der Waals surface area contributed by atoms with Crippen LogP contribution < -0.4 is 5.73 Å². The fourth-order valence-electron chi connectivity index (χ4n) is 0.813. The molecular weight excluding hydrogens is 222 g/mol. The predicted octanol–water partition coefficient (Wildman–Crippen LogP) is 2.22. The molecule has 0 atom stereocenters. The average molecular weight is 233 g/mol. The zero-order chi connectivity index (χ0) is 9.84. The maximum Gasteiger partial charge on any atom is 0.189 e. The molecule has 0 aliphatic heterocycles. The lowest BCUT2D eigenvalue weighted by Crippen LogP contribution is -1.99. The summed E-state index contributed by atoms with van der Waals surface area (Å²) in [7, 11) is 0. The van der Waals surface area contributed by atoms with Crippen LogP contribution in [0.4, 0.5) is 5.69 Å². The summed E-state index contributed by atoms with van der Waals surface area (Å²) in [5, 5.41) is 2.51. The van der Waals surface area contributed by atoms with Gasteiger partial charge in [-0.2, -0.15) is 0 Å². The largest absolute Gasteiger partial charge is 0.394 e. The van der Waals surface area contributed by atoms with Crippen molar-refractivity contribution in [3.63, 3.8) is 0 Å². The van der Waals surface area contributed by atoms with E-state index in [-0.39, 0.29) is 0 Å². The zero-order valence-corrected chi connectivity index (χ0v) is 10.1. The van der Waals surface area contributed by atoms with Crippen LogP contribution in [0, 0.1) is 0 Å². The molecule has 1 aromatic heterocycles. The molecule has 0 radical (unpaired) electrons. The Hall–Kier alpha value is -0.0700. The fraction of sp³-hybridized carbons (Fsp3) is 0.429. The molecule has 0 bridgehead atoms. The Morgan fingerprint density at radius 2 is 1.38 bits per heavy atom. The maximum absolute atomic E-state index is 5.85. The summed E-state index contributed by atoms with van der Waals surface area (Å²) in [6, 6.07) is 0. The van der Waals surface area contributed by atoms with Crippen molar-refractivity contribution in [1.82, 2.24) is 9.97 Å². The molecule has 0 aliphatic carbocycles. The molecule has 0 spiro atoms. The second-order valence-electron chi connectivity index (χ2n) is 2.14. The van der Waals surface area contributed by atoms with Crippen LogP contribution in [0.3, 0.4) is 0 Å². The molecule has 0 amide bonds. The number of rotatable bonds is 3. The molecule has 0 aliphatic rings. The molecule has 13 heavy (non-hydrogen) atoms. The summed E-state index contributed by atoms with van der Waals surface area (Å²) in [5.41, 5.74) is 6.54. The van der Waals surface area contributed by atoms with Crippen LogP contribution in [-0.4, -0.2) is 28.7 Å². The van der Waals surface area contributed by atoms with Gasteiger partial charge in [-0.1, -0.05) is 11.8 Å². The molecule has 0 fully saturated rings. The Bertz CT molecular complexity index is 278. The Morgan fingerprint density at radius 1 is 0.923 bits per heavy atom. The predicted molar refractivity (Wildman–Crippen MR) is 61.8 cm³/mol. The first-order valence-corrected chi connectivity index (χ1v) is 7.19. The van der Waals surface area contributed by atoms with E-state index in [1.54, 1.807) is 23.5 Å². The quantitative estimate of drug-likeness (QED) is 0.491. The minimum Gasteiger partial charge on any atom is -0.394 e. The normalized spacial score (nSPS) is 10.4. The van der Waals surface area contributed by atoms with Gasteiger partial charge in [-0.05, 0) is 18.8 Å². The Labute approximate surface area is 90.7 Å². The van der Waals surface area contributed by atoms with Crippen LogP contribution >= 0.6 is 35.3 Å². The highest BCUT2D eigenvalue weighted by Gasteiger charge is 2.09. The van der Waals surface area contributed by atoms with E-state index in [1.807, 2.05) is 18.8 Å². The van der Waals surface area contributed by atoms with Gasteiger partial charge in [-0.15, -0.1) is 23.5 Å². The molecule has 2 N–H and O–H groups in total. The maximum atomic E-state index is 5.85. The minimum absolute atomic E-state index is 0.692. The number of nitrogen functional groups attached to an aromatic ring is 1. The van der Waals surface area contributed by atoms with Gasteiger partial charge < -0.3 is 5.73 Å². The van der Waals surface area contributed by atoms with Crippen LogP contribution in [0.5, 0.6) is 0 Å². The molecule has 3 nitrogen and oxygen atoms in total. The first-order valence-electron chi connectivity index (χ1n) is 3.52. The third-order valence-electron chi connectivity index (χ3n) is 1.42. The Kier molecular flexibility index (Phi) is 4.21. The standard InChI is InChI=1S/C7H11N3S3/c1-11-5-4(8)6(12-2)10-7(9-5)13-3/h8H2,1-3H3. The number of hydrogen-bond acceptors (Lipinski definition) is 6. The van der Waals surface area contributed by atoms with E-state index in [0.717, 1.165) is 15.2 Å². The van der Waals surface area contributed by atoms with Gasteiger partial charge in [0.1, 0.15) is 10.1 Å². The van der Waals surface area contributed by atoms with Gasteiger partial charge >= 0.3 is 0 Å². The van der Waals surface area contributed by atoms with Gasteiger partial charge in [-0.25, -0.2) is 9.97 Å². The lowest BCUT2D eigenvalue weighted by Gasteiger charge is -2.06. The van der Waals surface area contributed by atoms with Crippen molar-refractivity contribution in [2.45, 2.75) is 15.2 Å². The Balaban J connectivity index is 3.20. The van der Waals surface area contributed by atoms with Crippen molar-refractivity contribution in [2.24, 2.45) is 0 Å². The van der Waals surface area contributed by atoms with Crippen LogP contribution in [0.15, 0.2) is 15.2 Å². The van der Waals surface area contributed by atoms with Gasteiger partial charge in [-0.3, -0.25) is 0 Å². The summed E-state index contributed by atoms with van der Waals surface area (Å²) < 4.78 is 0. The molecular formula is C7H11N3S3. The second-order valence-corrected chi connectivity index (χ2v) is 4.51. The highest BCUT2D eigenvalue weighted by Crippen LogP contribution is 2.30. The molecule has 1 rings (SSSR count). The van der Waals surface area contributed by atoms with Crippen molar-refractivity contribution in [3.05, 3.63) is 0 Å². The van der Waals surface area contributed by atoms with Crippen molar-refractivity contribution in [2.75, 3.05) is 24.5 Å². The van der Waals surface area contributed by atoms with Gasteiger partial charge in [0.25, 0.3) is 0 Å². The van der Waals surface area contributed by atoms with Gasteiger partial charge in [0.05, 0.1) is 5.69 Å². The van der Waals surface area contributed by atoms with E-state index < -0.39 is 0 Å². The van der Waals surface area contributed by atoms with Crippen LogP contribution in [0.2, 0.25) is 0 Å². The number of aromatic nitrogens is 2. The first-order chi connectivity index (χ1) is 6.22. The molecule has 6 heteroatoms. The lowest BCUT2D eigenvalue weighted by atomic mass is 10.6. The van der Waals surface area contributed by atoms with E-state index in [1.165, 1.54) is 11.8 Å². The molecule has 0 aromatic carbocycles. The number of hydrogen-bond donors (Lipinski definition) is 1. The molecule has 72 valence electrons. The average Bonchev–Trinajstić information content (AvgIpc) is 2.18. The van der Waals surface area contributed by atoms with Crippen LogP contribution in [0.1, 0.15) is 0 Å². The Morgan fingerprint density at radius 3 is 1.69 bits per heavy atom. The third-order valence-corrected chi connectivity index (χ3v) is 3.37. The van der Waals surface area contributed by atoms with Crippen molar-refractivity contribution >= 4 is 41.0 Å². The first kappa shape index (κ1) is 11.0. The molecule has 0 saturated carbocycles. The van der Waals surface area contributed by atoms with Crippen LogP contribution in [-0.2, 0) is 0 Å². The highest BCUT2D eigenvalue weighted by molar-refractivity contribution is 8.00. The number of nitrogens with zero attached hydrogens (tertiary/aromatic N) is 2. The van der Waals surface area contributed by atoms with E-state index in [2.05, 4.69) is 9.97 Å². The zero-order valence-electron chi connectivity index (χ0n) is 7.70. The summed E-state index contributed by atoms with van der Waals surface area (Å²) in [4.78, 5) is 8.59. The topological polar surface area (TPSA) is 51.8 Å². The molecule has 1 heterocycles. The SMILES string of the molecule is CSc1nc(SC)c(N)c(SC)n1. The third kappa shape index (κ3) is 2.45. The summed E-state index contributed by atoms with van der Waals surface area (Å²) >= 11 is 4.64. The van der Waals surface area contributed by atoms with E-state index in [4.69, 9.17) is 5.73 Å². The van der Waals surface area contributed by atoms with Gasteiger partial charge in [0.2, 0.25) is 0 Å². The minimum atomic E-state index is 0.692. The summed E-state index contributed by atoms with van der Waals surface area (Å²) in [6.45, 7) is 0. The number of nitrogens with two attached hydrogens (primary N) is 1. The molecule has 1 aromatic rings. The van der Waals surface area contributed by atoms with Gasteiger partial charge in [0.15, 0.2) is 5.16 Å². The summed E-state index contributed by atoms with van der Waals surface area (Å²) in [5.74, 6) is 0. The van der Waals surface area contributed by atoms with Crippen molar-refractivity contribution in [3.8, 4) is 0 Å². The van der Waals surface area contributed by atoms with E-state index in [0.29, 0.717) is 5.69 Å². The smallest absolute Gasteiger partial charge is 0.189 e.